The van der Waals surface area contributed by atoms with Crippen molar-refractivity contribution in [1.29, 1.82) is 0 Å². The minimum absolute atomic E-state index is 0.416. The van der Waals surface area contributed by atoms with Gasteiger partial charge in [-0.1, -0.05) is 218 Å². The lowest BCUT2D eigenvalue weighted by Gasteiger charge is -2.32. The minimum atomic E-state index is -0.416. The number of para-hydroxylation sites is 3. The van der Waals surface area contributed by atoms with Gasteiger partial charge in [0.1, 0.15) is 17.5 Å². The lowest BCUT2D eigenvalue weighted by atomic mass is 9.70. The van der Waals surface area contributed by atoms with Gasteiger partial charge in [-0.05, 0) is 114 Å². The SMILES string of the molecule is CC(c1ccc(CCc2ccccc2-n2ccnc2-c2ccccc2)cc1)(c1ccc(CCc2ccccc2-n2ccnc2-c2ccccc2)cc1)c1ccc(CCc2ccccc2-n2ccnc2-c2ccccc2)cc1. The fraction of sp³-hybridized carbons (Fsp3) is 0.113. The van der Waals surface area contributed by atoms with Crippen LogP contribution in [0.3, 0.4) is 0 Å². The van der Waals surface area contributed by atoms with Gasteiger partial charge in [-0.15, -0.1) is 0 Å². The standard InChI is InChI=1S/C71H60N6/c1-71(62-41-32-53(33-42-62)29-38-56-17-11-14-26-65(56)75-50-47-72-68(75)59-20-5-2-6-21-59,63-43-34-54(35-44-63)30-39-57-18-12-15-27-66(57)76-51-48-73-69(76)60-22-7-3-8-23-60)64-45-36-55(37-46-64)31-40-58-19-13-16-28-67(58)77-52-49-74-70(77)61-24-9-4-10-25-61/h2-28,32-37,41-52H,29-31,38-40H2,1H3. The van der Waals surface area contributed by atoms with Gasteiger partial charge >= 0.3 is 0 Å². The summed E-state index contributed by atoms with van der Waals surface area (Å²) in [7, 11) is 0. The molecule has 0 unspecified atom stereocenters. The second-order valence-corrected chi connectivity index (χ2v) is 20.1. The van der Waals surface area contributed by atoms with E-state index in [4.69, 9.17) is 15.0 Å². The van der Waals surface area contributed by atoms with Crippen LogP contribution in [0, 0.1) is 0 Å². The first kappa shape index (κ1) is 48.5. The molecule has 0 amide bonds. The summed E-state index contributed by atoms with van der Waals surface area (Å²) in [5.41, 5.74) is 18.0. The highest BCUT2D eigenvalue weighted by molar-refractivity contribution is 5.63. The van der Waals surface area contributed by atoms with E-state index in [0.717, 1.165) is 72.7 Å². The summed E-state index contributed by atoms with van der Waals surface area (Å²) in [6, 6.07) is 85.7. The zero-order chi connectivity index (χ0) is 51.8. The lowest BCUT2D eigenvalue weighted by molar-refractivity contribution is 0.690. The van der Waals surface area contributed by atoms with Crippen LogP contribution >= 0.6 is 0 Å². The number of nitrogens with zero attached hydrogens (tertiary/aromatic N) is 6. The molecule has 3 aromatic heterocycles. The molecule has 9 aromatic carbocycles. The maximum atomic E-state index is 4.76. The Balaban J connectivity index is 0.809. The molecule has 6 heteroatoms. The predicted molar refractivity (Wildman–Crippen MR) is 314 cm³/mol. The maximum absolute atomic E-state index is 4.76. The van der Waals surface area contributed by atoms with Crippen molar-refractivity contribution in [3.8, 4) is 51.2 Å². The van der Waals surface area contributed by atoms with Gasteiger partial charge in [0.25, 0.3) is 0 Å². The number of benzene rings is 9. The molecule has 0 saturated carbocycles. The highest BCUT2D eigenvalue weighted by Crippen LogP contribution is 2.40. The van der Waals surface area contributed by atoms with Crippen LogP contribution in [0.2, 0.25) is 0 Å². The van der Waals surface area contributed by atoms with E-state index in [0.29, 0.717) is 0 Å². The normalized spacial score (nSPS) is 11.5. The van der Waals surface area contributed by atoms with Gasteiger partial charge in [-0.25, -0.2) is 15.0 Å². The predicted octanol–water partition coefficient (Wildman–Crippen LogP) is 16.0. The molecule has 0 aliphatic carbocycles. The molecule has 0 radical (unpaired) electrons. The molecule has 0 N–H and O–H groups in total. The van der Waals surface area contributed by atoms with Gasteiger partial charge in [0.05, 0.1) is 17.1 Å². The first-order valence-electron chi connectivity index (χ1n) is 26.9. The third kappa shape index (κ3) is 10.3. The third-order valence-corrected chi connectivity index (χ3v) is 15.4. The van der Waals surface area contributed by atoms with Crippen molar-refractivity contribution in [2.75, 3.05) is 0 Å². The van der Waals surface area contributed by atoms with Crippen molar-refractivity contribution in [2.24, 2.45) is 0 Å². The highest BCUT2D eigenvalue weighted by Gasteiger charge is 2.31. The van der Waals surface area contributed by atoms with Crippen LogP contribution in [0.15, 0.2) is 274 Å². The smallest absolute Gasteiger partial charge is 0.144 e. The van der Waals surface area contributed by atoms with E-state index < -0.39 is 5.41 Å². The maximum Gasteiger partial charge on any atom is 0.144 e. The monoisotopic (exact) mass is 996 g/mol. The van der Waals surface area contributed by atoms with E-state index in [9.17, 15) is 0 Å². The first-order chi connectivity index (χ1) is 38.1. The van der Waals surface area contributed by atoms with Crippen LogP contribution in [-0.2, 0) is 43.9 Å². The largest absolute Gasteiger partial charge is 0.300 e. The van der Waals surface area contributed by atoms with Gasteiger partial charge in [0.2, 0.25) is 0 Å². The molecule has 0 bridgehead atoms. The number of aromatic nitrogens is 6. The van der Waals surface area contributed by atoms with Crippen molar-refractivity contribution in [2.45, 2.75) is 50.9 Å². The highest BCUT2D eigenvalue weighted by atomic mass is 15.1. The molecule has 6 nitrogen and oxygen atoms in total. The van der Waals surface area contributed by atoms with Gasteiger partial charge < -0.3 is 0 Å². The summed E-state index contributed by atoms with van der Waals surface area (Å²) in [5.74, 6) is 2.85. The average Bonchev–Trinajstić information content (AvgIpc) is 4.34. The van der Waals surface area contributed by atoms with Crippen LogP contribution in [0.4, 0.5) is 0 Å². The second kappa shape index (κ2) is 22.2. The van der Waals surface area contributed by atoms with Gasteiger partial charge in [0.15, 0.2) is 0 Å². The quantitative estimate of drug-likeness (QED) is 0.0805. The van der Waals surface area contributed by atoms with Crippen LogP contribution < -0.4 is 0 Å². The fourth-order valence-corrected chi connectivity index (χ4v) is 11.1. The summed E-state index contributed by atoms with van der Waals surface area (Å²) in [5, 5.41) is 0. The Kier molecular flexibility index (Phi) is 14.0. The molecule has 0 aliphatic heterocycles. The van der Waals surface area contributed by atoms with E-state index in [1.54, 1.807) is 0 Å². The van der Waals surface area contributed by atoms with Crippen molar-refractivity contribution in [3.63, 3.8) is 0 Å². The molecule has 77 heavy (non-hydrogen) atoms. The first-order valence-corrected chi connectivity index (χ1v) is 26.9. The van der Waals surface area contributed by atoms with Crippen LogP contribution in [-0.4, -0.2) is 28.7 Å². The number of imidazole rings is 3. The van der Waals surface area contributed by atoms with E-state index in [-0.39, 0.29) is 0 Å². The minimum Gasteiger partial charge on any atom is -0.300 e. The molecule has 0 atom stereocenters. The Labute approximate surface area is 452 Å². The molecule has 3 heterocycles. The van der Waals surface area contributed by atoms with E-state index in [1.807, 2.05) is 36.8 Å². The Hall–Kier alpha value is -9.39. The van der Waals surface area contributed by atoms with E-state index in [2.05, 4.69) is 258 Å². The summed E-state index contributed by atoms with van der Waals surface area (Å²) in [6.07, 6.45) is 17.4. The van der Waals surface area contributed by atoms with Crippen LogP contribution in [0.5, 0.6) is 0 Å². The zero-order valence-corrected chi connectivity index (χ0v) is 43.4. The van der Waals surface area contributed by atoms with Crippen LogP contribution in [0.1, 0.15) is 57.0 Å². The molecule has 12 aromatic rings. The Morgan fingerprint density at radius 2 is 0.545 bits per heavy atom. The molecule has 0 fully saturated rings. The summed E-state index contributed by atoms with van der Waals surface area (Å²) >= 11 is 0. The summed E-state index contributed by atoms with van der Waals surface area (Å²) in [4.78, 5) is 14.3. The van der Waals surface area contributed by atoms with Gasteiger partial charge in [0, 0.05) is 59.3 Å². The van der Waals surface area contributed by atoms with E-state index >= 15 is 0 Å². The molecular weight excluding hydrogens is 937 g/mol. The van der Waals surface area contributed by atoms with E-state index in [1.165, 1.54) is 67.1 Å². The van der Waals surface area contributed by atoms with Crippen molar-refractivity contribution in [3.05, 3.63) is 324 Å². The van der Waals surface area contributed by atoms with Crippen molar-refractivity contribution in [1.82, 2.24) is 28.7 Å². The molecule has 374 valence electrons. The summed E-state index contributed by atoms with van der Waals surface area (Å²) < 4.78 is 6.67. The molecule has 0 saturated heterocycles. The molecule has 12 rings (SSSR count). The molecular formula is C71H60N6. The Morgan fingerprint density at radius 3 is 0.831 bits per heavy atom. The average molecular weight is 997 g/mol. The van der Waals surface area contributed by atoms with Crippen LogP contribution in [0.25, 0.3) is 51.2 Å². The zero-order valence-electron chi connectivity index (χ0n) is 43.4. The second-order valence-electron chi connectivity index (χ2n) is 20.1. The lowest BCUT2D eigenvalue weighted by Crippen LogP contribution is -2.25. The number of hydrogen-bond donors (Lipinski definition) is 0. The number of rotatable bonds is 18. The number of aryl methyl sites for hydroxylation is 6. The number of hydrogen-bond acceptors (Lipinski definition) is 3. The third-order valence-electron chi connectivity index (χ3n) is 15.4. The van der Waals surface area contributed by atoms with Gasteiger partial charge in [-0.3, -0.25) is 13.7 Å². The van der Waals surface area contributed by atoms with Gasteiger partial charge in [-0.2, -0.15) is 0 Å². The Morgan fingerprint density at radius 1 is 0.286 bits per heavy atom. The summed E-state index contributed by atoms with van der Waals surface area (Å²) in [6.45, 7) is 2.40. The fourth-order valence-electron chi connectivity index (χ4n) is 11.1. The Bertz CT molecular complexity index is 3450. The topological polar surface area (TPSA) is 53.5 Å². The van der Waals surface area contributed by atoms with Crippen molar-refractivity contribution < 1.29 is 0 Å². The molecule has 0 aliphatic rings. The molecule has 0 spiro atoms. The van der Waals surface area contributed by atoms with Crippen molar-refractivity contribution >= 4 is 0 Å².